The van der Waals surface area contributed by atoms with Crippen molar-refractivity contribution in [2.24, 2.45) is 0 Å². The molecule has 2 aromatic carbocycles. The third kappa shape index (κ3) is 3.44. The number of hydrogen-bond acceptors (Lipinski definition) is 3. The predicted molar refractivity (Wildman–Crippen MR) is 83.9 cm³/mol. The van der Waals surface area contributed by atoms with Gasteiger partial charge in [-0.15, -0.1) is 0 Å². The van der Waals surface area contributed by atoms with Crippen LogP contribution in [0.15, 0.2) is 42.5 Å². The molecule has 0 bridgehead atoms. The molecular formula is C16H19ClN2O. The van der Waals surface area contributed by atoms with Crippen molar-refractivity contribution < 1.29 is 5.11 Å². The standard InChI is InChI=1S/C16H19ClN2O/c1-11(12-4-3-5-14(17)8-12)19(2)10-13-9-15(18)6-7-16(13)20/h3-9,11,20H,10,18H2,1-2H3. The van der Waals surface area contributed by atoms with Crippen molar-refractivity contribution in [3.05, 3.63) is 58.6 Å². The maximum absolute atomic E-state index is 9.88. The zero-order valence-electron chi connectivity index (χ0n) is 11.7. The first kappa shape index (κ1) is 14.7. The molecule has 1 unspecified atom stereocenters. The molecule has 106 valence electrons. The van der Waals surface area contributed by atoms with Gasteiger partial charge in [0.25, 0.3) is 0 Å². The Morgan fingerprint density at radius 3 is 2.70 bits per heavy atom. The summed E-state index contributed by atoms with van der Waals surface area (Å²) < 4.78 is 0. The number of benzene rings is 2. The molecular weight excluding hydrogens is 272 g/mol. The Balaban J connectivity index is 2.15. The van der Waals surface area contributed by atoms with Crippen LogP contribution in [0.4, 0.5) is 5.69 Å². The Hall–Kier alpha value is -1.71. The highest BCUT2D eigenvalue weighted by atomic mass is 35.5. The largest absolute Gasteiger partial charge is 0.508 e. The second kappa shape index (κ2) is 6.16. The third-order valence-corrected chi connectivity index (χ3v) is 3.75. The number of halogens is 1. The van der Waals surface area contributed by atoms with Crippen LogP contribution in [0, 0.1) is 0 Å². The van der Waals surface area contributed by atoms with Gasteiger partial charge in [0.2, 0.25) is 0 Å². The van der Waals surface area contributed by atoms with Gasteiger partial charge in [0, 0.05) is 28.9 Å². The highest BCUT2D eigenvalue weighted by Gasteiger charge is 2.14. The summed E-state index contributed by atoms with van der Waals surface area (Å²) in [4.78, 5) is 2.14. The molecule has 0 saturated heterocycles. The van der Waals surface area contributed by atoms with Gasteiger partial charge in [0.1, 0.15) is 5.75 Å². The Morgan fingerprint density at radius 1 is 1.25 bits per heavy atom. The number of rotatable bonds is 4. The quantitative estimate of drug-likeness (QED) is 0.665. The molecule has 2 rings (SSSR count). The minimum atomic E-state index is 0.189. The fraction of sp³-hybridized carbons (Fsp3) is 0.250. The van der Waals surface area contributed by atoms with Crippen LogP contribution in [0.25, 0.3) is 0 Å². The fourth-order valence-electron chi connectivity index (χ4n) is 2.16. The first-order valence-corrected chi connectivity index (χ1v) is 6.88. The lowest BCUT2D eigenvalue weighted by Gasteiger charge is -2.25. The van der Waals surface area contributed by atoms with E-state index < -0.39 is 0 Å². The summed E-state index contributed by atoms with van der Waals surface area (Å²) in [7, 11) is 2.01. The first-order chi connectivity index (χ1) is 9.47. The summed E-state index contributed by atoms with van der Waals surface area (Å²) in [5.41, 5.74) is 8.38. The molecule has 0 aliphatic carbocycles. The van der Waals surface area contributed by atoms with E-state index in [1.165, 1.54) is 0 Å². The highest BCUT2D eigenvalue weighted by Crippen LogP contribution is 2.26. The van der Waals surface area contributed by atoms with E-state index in [4.69, 9.17) is 17.3 Å². The third-order valence-electron chi connectivity index (χ3n) is 3.52. The normalized spacial score (nSPS) is 12.6. The van der Waals surface area contributed by atoms with E-state index in [0.29, 0.717) is 12.2 Å². The second-order valence-electron chi connectivity index (χ2n) is 5.03. The van der Waals surface area contributed by atoms with Crippen molar-refractivity contribution in [3.63, 3.8) is 0 Å². The van der Waals surface area contributed by atoms with Gasteiger partial charge in [-0.05, 0) is 49.9 Å². The average Bonchev–Trinajstić information content (AvgIpc) is 2.42. The second-order valence-corrected chi connectivity index (χ2v) is 5.47. The molecule has 0 radical (unpaired) electrons. The van der Waals surface area contributed by atoms with Crippen LogP contribution in [0.3, 0.4) is 0 Å². The predicted octanol–water partition coefficient (Wildman–Crippen LogP) is 3.82. The summed E-state index contributed by atoms with van der Waals surface area (Å²) in [6.07, 6.45) is 0. The van der Waals surface area contributed by atoms with Gasteiger partial charge in [0.15, 0.2) is 0 Å². The van der Waals surface area contributed by atoms with Crippen molar-refractivity contribution in [3.8, 4) is 5.75 Å². The zero-order valence-corrected chi connectivity index (χ0v) is 12.4. The summed E-state index contributed by atoms with van der Waals surface area (Å²) >= 11 is 6.02. The number of phenolic OH excluding ortho intramolecular Hbond substituents is 1. The topological polar surface area (TPSA) is 49.5 Å². The van der Waals surface area contributed by atoms with E-state index in [0.717, 1.165) is 16.1 Å². The SMILES string of the molecule is CC(c1cccc(Cl)c1)N(C)Cc1cc(N)ccc1O. The molecule has 0 amide bonds. The van der Waals surface area contributed by atoms with Crippen LogP contribution in [0.1, 0.15) is 24.1 Å². The Bertz CT molecular complexity index is 601. The number of phenols is 1. The number of nitrogens with two attached hydrogens (primary N) is 1. The van der Waals surface area contributed by atoms with Gasteiger partial charge in [-0.25, -0.2) is 0 Å². The number of nitrogen functional groups attached to an aromatic ring is 1. The molecule has 3 N–H and O–H groups in total. The van der Waals surface area contributed by atoms with E-state index >= 15 is 0 Å². The van der Waals surface area contributed by atoms with Gasteiger partial charge >= 0.3 is 0 Å². The lowest BCUT2D eigenvalue weighted by atomic mass is 10.1. The van der Waals surface area contributed by atoms with Gasteiger partial charge < -0.3 is 10.8 Å². The lowest BCUT2D eigenvalue weighted by Crippen LogP contribution is -2.22. The van der Waals surface area contributed by atoms with Crippen molar-refractivity contribution in [2.75, 3.05) is 12.8 Å². The van der Waals surface area contributed by atoms with E-state index in [9.17, 15) is 5.11 Å². The minimum Gasteiger partial charge on any atom is -0.508 e. The molecule has 20 heavy (non-hydrogen) atoms. The molecule has 0 aliphatic rings. The van der Waals surface area contributed by atoms with Crippen LogP contribution >= 0.6 is 11.6 Å². The van der Waals surface area contributed by atoms with Crippen LogP contribution in [0.2, 0.25) is 5.02 Å². The molecule has 0 aromatic heterocycles. The molecule has 3 nitrogen and oxygen atoms in total. The maximum Gasteiger partial charge on any atom is 0.120 e. The molecule has 0 fully saturated rings. The van der Waals surface area contributed by atoms with Crippen molar-refractivity contribution in [2.45, 2.75) is 19.5 Å². The summed E-state index contributed by atoms with van der Waals surface area (Å²) in [6.45, 7) is 2.72. The molecule has 1 atom stereocenters. The number of nitrogens with zero attached hydrogens (tertiary/aromatic N) is 1. The van der Waals surface area contributed by atoms with E-state index in [1.807, 2.05) is 31.3 Å². The zero-order chi connectivity index (χ0) is 14.7. The molecule has 0 spiro atoms. The highest BCUT2D eigenvalue weighted by molar-refractivity contribution is 6.30. The van der Waals surface area contributed by atoms with Crippen LogP contribution in [-0.4, -0.2) is 17.1 Å². The van der Waals surface area contributed by atoms with Crippen LogP contribution < -0.4 is 5.73 Å². The molecule has 4 heteroatoms. The monoisotopic (exact) mass is 290 g/mol. The van der Waals surface area contributed by atoms with Gasteiger partial charge in [-0.1, -0.05) is 23.7 Å². The van der Waals surface area contributed by atoms with Gasteiger partial charge in [0.05, 0.1) is 0 Å². The lowest BCUT2D eigenvalue weighted by molar-refractivity contribution is 0.250. The fourth-order valence-corrected chi connectivity index (χ4v) is 2.36. The maximum atomic E-state index is 9.88. The Labute approximate surface area is 124 Å². The Morgan fingerprint density at radius 2 is 2.00 bits per heavy atom. The average molecular weight is 291 g/mol. The van der Waals surface area contributed by atoms with E-state index in [-0.39, 0.29) is 11.8 Å². The molecule has 0 aliphatic heterocycles. The Kier molecular flexibility index (Phi) is 4.53. The first-order valence-electron chi connectivity index (χ1n) is 6.50. The van der Waals surface area contributed by atoms with Crippen LogP contribution in [-0.2, 0) is 6.54 Å². The van der Waals surface area contributed by atoms with E-state index in [1.54, 1.807) is 18.2 Å². The molecule has 0 heterocycles. The van der Waals surface area contributed by atoms with Crippen molar-refractivity contribution in [1.82, 2.24) is 4.90 Å². The van der Waals surface area contributed by atoms with Gasteiger partial charge in [-0.2, -0.15) is 0 Å². The number of hydrogen-bond donors (Lipinski definition) is 2. The summed E-state index contributed by atoms with van der Waals surface area (Å²) in [5.74, 6) is 0.268. The van der Waals surface area contributed by atoms with E-state index in [2.05, 4.69) is 11.8 Å². The van der Waals surface area contributed by atoms with Crippen LogP contribution in [0.5, 0.6) is 5.75 Å². The smallest absolute Gasteiger partial charge is 0.120 e. The summed E-state index contributed by atoms with van der Waals surface area (Å²) in [5, 5.41) is 10.6. The minimum absolute atomic E-state index is 0.189. The van der Waals surface area contributed by atoms with Crippen molar-refractivity contribution >= 4 is 17.3 Å². The number of anilines is 1. The number of aromatic hydroxyl groups is 1. The summed E-state index contributed by atoms with van der Waals surface area (Å²) in [6, 6.07) is 13.1. The molecule has 0 saturated carbocycles. The van der Waals surface area contributed by atoms with Gasteiger partial charge in [-0.3, -0.25) is 4.90 Å². The molecule has 2 aromatic rings. The van der Waals surface area contributed by atoms with Crippen molar-refractivity contribution in [1.29, 1.82) is 0 Å².